The van der Waals surface area contributed by atoms with Crippen molar-refractivity contribution in [3.05, 3.63) is 28.8 Å². The Kier molecular flexibility index (Phi) is 4.84. The standard InChI is InChI=1S/C11H12ClF3N2O/c1-2-5-16-10(18)17-7-3-4-9(12)8(6-7)11(13,14)15/h3-4,6H,2,5H2,1H3,(H2,16,17,18). The number of hydrogen-bond donors (Lipinski definition) is 2. The summed E-state index contributed by atoms with van der Waals surface area (Å²) in [6.07, 6.45) is -3.81. The minimum absolute atomic E-state index is 0.0420. The number of carbonyl (C=O) groups excluding carboxylic acids is 1. The third kappa shape index (κ3) is 4.10. The molecule has 0 fully saturated rings. The fourth-order valence-electron chi connectivity index (χ4n) is 1.23. The zero-order chi connectivity index (χ0) is 13.8. The Labute approximate surface area is 107 Å². The number of alkyl halides is 3. The van der Waals surface area contributed by atoms with E-state index in [1.54, 1.807) is 0 Å². The van der Waals surface area contributed by atoms with E-state index in [0.717, 1.165) is 18.6 Å². The molecule has 1 aromatic carbocycles. The molecule has 0 bridgehead atoms. The van der Waals surface area contributed by atoms with Gasteiger partial charge in [-0.25, -0.2) is 4.79 Å². The van der Waals surface area contributed by atoms with Crippen LogP contribution >= 0.6 is 11.6 Å². The van der Waals surface area contributed by atoms with Crippen LogP contribution in [0.1, 0.15) is 18.9 Å². The Morgan fingerprint density at radius 2 is 2.06 bits per heavy atom. The van der Waals surface area contributed by atoms with Crippen LogP contribution in [0.25, 0.3) is 0 Å². The van der Waals surface area contributed by atoms with E-state index in [0.29, 0.717) is 6.54 Å². The van der Waals surface area contributed by atoms with Crippen LogP contribution in [0.2, 0.25) is 5.02 Å². The van der Waals surface area contributed by atoms with Crippen molar-refractivity contribution in [2.24, 2.45) is 0 Å². The lowest BCUT2D eigenvalue weighted by atomic mass is 10.2. The maximum absolute atomic E-state index is 12.6. The van der Waals surface area contributed by atoms with Crippen LogP contribution in [-0.2, 0) is 6.18 Å². The molecule has 0 spiro atoms. The number of hydrogen-bond acceptors (Lipinski definition) is 1. The fraction of sp³-hybridized carbons (Fsp3) is 0.364. The Hall–Kier alpha value is -1.43. The van der Waals surface area contributed by atoms with E-state index in [1.807, 2.05) is 6.92 Å². The molecule has 18 heavy (non-hydrogen) atoms. The van der Waals surface area contributed by atoms with Crippen molar-refractivity contribution in [1.29, 1.82) is 0 Å². The van der Waals surface area contributed by atoms with Gasteiger partial charge in [-0.15, -0.1) is 0 Å². The molecule has 0 saturated carbocycles. The molecule has 0 atom stereocenters. The van der Waals surface area contributed by atoms with E-state index in [2.05, 4.69) is 10.6 Å². The summed E-state index contributed by atoms with van der Waals surface area (Å²) < 4.78 is 37.7. The summed E-state index contributed by atoms with van der Waals surface area (Å²) in [6.45, 7) is 2.32. The normalized spacial score (nSPS) is 11.2. The number of urea groups is 1. The molecule has 1 aromatic rings. The quantitative estimate of drug-likeness (QED) is 0.866. The first-order chi connectivity index (χ1) is 8.34. The van der Waals surface area contributed by atoms with E-state index >= 15 is 0 Å². The molecule has 3 nitrogen and oxygen atoms in total. The molecule has 7 heteroatoms. The highest BCUT2D eigenvalue weighted by molar-refractivity contribution is 6.31. The van der Waals surface area contributed by atoms with Crippen LogP contribution in [0.15, 0.2) is 18.2 Å². The zero-order valence-electron chi connectivity index (χ0n) is 9.57. The van der Waals surface area contributed by atoms with Crippen LogP contribution in [0.3, 0.4) is 0 Å². The predicted octanol–water partition coefficient (Wildman–Crippen LogP) is 3.89. The third-order valence-electron chi connectivity index (χ3n) is 2.07. The second-order valence-corrected chi connectivity index (χ2v) is 3.98. The lowest BCUT2D eigenvalue weighted by molar-refractivity contribution is -0.137. The first-order valence-corrected chi connectivity index (χ1v) is 5.64. The van der Waals surface area contributed by atoms with Gasteiger partial charge in [0.2, 0.25) is 0 Å². The highest BCUT2D eigenvalue weighted by atomic mass is 35.5. The first-order valence-electron chi connectivity index (χ1n) is 5.26. The average Bonchev–Trinajstić information content (AvgIpc) is 2.27. The Morgan fingerprint density at radius 3 is 2.61 bits per heavy atom. The maximum Gasteiger partial charge on any atom is 0.417 e. The van der Waals surface area contributed by atoms with Gasteiger partial charge in [0.15, 0.2) is 0 Å². The monoisotopic (exact) mass is 280 g/mol. The number of carbonyl (C=O) groups is 1. The van der Waals surface area contributed by atoms with Crippen molar-refractivity contribution >= 4 is 23.3 Å². The van der Waals surface area contributed by atoms with Gasteiger partial charge in [-0.2, -0.15) is 13.2 Å². The van der Waals surface area contributed by atoms with Crippen LogP contribution in [0.4, 0.5) is 23.7 Å². The van der Waals surface area contributed by atoms with Gasteiger partial charge in [0.25, 0.3) is 0 Å². The number of anilines is 1. The van der Waals surface area contributed by atoms with Crippen molar-refractivity contribution < 1.29 is 18.0 Å². The molecule has 2 amide bonds. The van der Waals surface area contributed by atoms with E-state index in [4.69, 9.17) is 11.6 Å². The second kappa shape index (κ2) is 5.95. The van der Waals surface area contributed by atoms with E-state index in [9.17, 15) is 18.0 Å². The molecule has 0 aromatic heterocycles. The predicted molar refractivity (Wildman–Crippen MR) is 63.8 cm³/mol. The molecule has 100 valence electrons. The van der Waals surface area contributed by atoms with Gasteiger partial charge in [-0.05, 0) is 24.6 Å². The summed E-state index contributed by atoms with van der Waals surface area (Å²) in [6, 6.07) is 2.66. The molecular weight excluding hydrogens is 269 g/mol. The van der Waals surface area contributed by atoms with Crippen LogP contribution in [0.5, 0.6) is 0 Å². The number of rotatable bonds is 3. The third-order valence-corrected chi connectivity index (χ3v) is 2.39. The molecule has 0 unspecified atom stereocenters. The average molecular weight is 281 g/mol. The van der Waals surface area contributed by atoms with E-state index in [1.165, 1.54) is 6.07 Å². The number of benzene rings is 1. The number of halogens is 4. The van der Waals surface area contributed by atoms with Crippen molar-refractivity contribution in [3.8, 4) is 0 Å². The minimum Gasteiger partial charge on any atom is -0.338 e. The fourth-order valence-corrected chi connectivity index (χ4v) is 1.46. The van der Waals surface area contributed by atoms with Crippen molar-refractivity contribution in [3.63, 3.8) is 0 Å². The van der Waals surface area contributed by atoms with E-state index in [-0.39, 0.29) is 5.69 Å². The van der Waals surface area contributed by atoms with Gasteiger partial charge in [-0.3, -0.25) is 0 Å². The summed E-state index contributed by atoms with van der Waals surface area (Å²) in [5, 5.41) is 4.40. The lowest BCUT2D eigenvalue weighted by Crippen LogP contribution is -2.29. The molecule has 2 N–H and O–H groups in total. The van der Waals surface area contributed by atoms with Crippen LogP contribution < -0.4 is 10.6 Å². The zero-order valence-corrected chi connectivity index (χ0v) is 10.3. The van der Waals surface area contributed by atoms with Crippen molar-refractivity contribution in [2.75, 3.05) is 11.9 Å². The van der Waals surface area contributed by atoms with Gasteiger partial charge in [0.1, 0.15) is 0 Å². The molecular formula is C11H12ClF3N2O. The number of nitrogens with one attached hydrogen (secondary N) is 2. The summed E-state index contributed by atoms with van der Waals surface area (Å²) in [5.41, 5.74) is -0.933. The SMILES string of the molecule is CCCNC(=O)Nc1ccc(Cl)c(C(F)(F)F)c1. The van der Waals surface area contributed by atoms with Gasteiger partial charge in [0.05, 0.1) is 10.6 Å². The van der Waals surface area contributed by atoms with Gasteiger partial charge < -0.3 is 10.6 Å². The largest absolute Gasteiger partial charge is 0.417 e. The Morgan fingerprint density at radius 1 is 1.39 bits per heavy atom. The van der Waals surface area contributed by atoms with Crippen molar-refractivity contribution in [2.45, 2.75) is 19.5 Å². The van der Waals surface area contributed by atoms with Gasteiger partial charge in [-0.1, -0.05) is 18.5 Å². The van der Waals surface area contributed by atoms with Gasteiger partial charge >= 0.3 is 12.2 Å². The highest BCUT2D eigenvalue weighted by Gasteiger charge is 2.33. The van der Waals surface area contributed by atoms with E-state index < -0.39 is 22.8 Å². The molecule has 0 heterocycles. The smallest absolute Gasteiger partial charge is 0.338 e. The van der Waals surface area contributed by atoms with Crippen molar-refractivity contribution in [1.82, 2.24) is 5.32 Å². The Balaban J connectivity index is 2.83. The van der Waals surface area contributed by atoms with Gasteiger partial charge in [0, 0.05) is 12.2 Å². The molecule has 0 aliphatic heterocycles. The molecule has 0 saturated heterocycles. The molecule has 0 radical (unpaired) electrons. The summed E-state index contributed by atoms with van der Waals surface area (Å²) >= 11 is 5.45. The maximum atomic E-state index is 12.6. The number of amides is 2. The summed E-state index contributed by atoms with van der Waals surface area (Å²) in [7, 11) is 0. The molecule has 0 aliphatic rings. The Bertz CT molecular complexity index is 435. The molecule has 1 rings (SSSR count). The second-order valence-electron chi connectivity index (χ2n) is 3.57. The van der Waals surface area contributed by atoms with Crippen LogP contribution in [0, 0.1) is 0 Å². The van der Waals surface area contributed by atoms with Crippen LogP contribution in [-0.4, -0.2) is 12.6 Å². The lowest BCUT2D eigenvalue weighted by Gasteiger charge is -2.12. The summed E-state index contributed by atoms with van der Waals surface area (Å²) in [4.78, 5) is 11.3. The summed E-state index contributed by atoms with van der Waals surface area (Å²) in [5.74, 6) is 0. The first kappa shape index (κ1) is 14.6. The molecule has 0 aliphatic carbocycles. The minimum atomic E-state index is -4.55. The highest BCUT2D eigenvalue weighted by Crippen LogP contribution is 2.36. The topological polar surface area (TPSA) is 41.1 Å².